The third-order valence-electron chi connectivity index (χ3n) is 4.83. The molecule has 8 heteroatoms. The molecule has 0 saturated heterocycles. The summed E-state index contributed by atoms with van der Waals surface area (Å²) in [5, 5.41) is 0.573. The molecule has 1 amide bonds. The minimum Gasteiger partial charge on any atom is -0.496 e. The number of hydrogen-bond acceptors (Lipinski definition) is 4. The Balaban J connectivity index is 1.84. The second-order valence-corrected chi connectivity index (χ2v) is 9.37. The van der Waals surface area contributed by atoms with E-state index in [4.69, 9.17) is 16.3 Å². The zero-order valence-electron chi connectivity index (χ0n) is 16.3. The number of carbonyl (C=O) groups excluding carboxylic acids is 1. The van der Waals surface area contributed by atoms with Crippen LogP contribution in [-0.4, -0.2) is 45.7 Å². The number of amides is 1. The van der Waals surface area contributed by atoms with E-state index in [9.17, 15) is 13.2 Å². The van der Waals surface area contributed by atoms with E-state index in [-0.39, 0.29) is 11.9 Å². The van der Waals surface area contributed by atoms with Gasteiger partial charge in [0, 0.05) is 35.8 Å². The molecule has 0 radical (unpaired) electrons. The van der Waals surface area contributed by atoms with E-state index in [2.05, 4.69) is 0 Å². The molecule has 2 aromatic carbocycles. The summed E-state index contributed by atoms with van der Waals surface area (Å²) in [4.78, 5) is 14.5. The molecule has 0 fully saturated rings. The highest BCUT2D eigenvalue weighted by Crippen LogP contribution is 2.35. The SMILES string of the molecule is COc1ccc(Cl)cc1CN(C)C(=O)c1ccc2c(c1)C[C@@H](C)N2S(C)(=O)=O. The van der Waals surface area contributed by atoms with Gasteiger partial charge >= 0.3 is 0 Å². The number of methoxy groups -OCH3 is 1. The van der Waals surface area contributed by atoms with Crippen molar-refractivity contribution < 1.29 is 17.9 Å². The predicted octanol–water partition coefficient (Wildman–Crippen LogP) is 3.33. The molecule has 0 aromatic heterocycles. The first-order chi connectivity index (χ1) is 13.1. The summed E-state index contributed by atoms with van der Waals surface area (Å²) in [6.45, 7) is 2.20. The Kier molecular flexibility index (Phi) is 5.59. The van der Waals surface area contributed by atoms with Gasteiger partial charge in [-0.1, -0.05) is 11.6 Å². The lowest BCUT2D eigenvalue weighted by Gasteiger charge is -2.22. The maximum Gasteiger partial charge on any atom is 0.253 e. The number of nitrogens with zero attached hydrogens (tertiary/aromatic N) is 2. The number of hydrogen-bond donors (Lipinski definition) is 0. The van der Waals surface area contributed by atoms with Crippen molar-refractivity contribution in [3.05, 3.63) is 58.1 Å². The van der Waals surface area contributed by atoms with E-state index in [0.29, 0.717) is 35.0 Å². The van der Waals surface area contributed by atoms with E-state index >= 15 is 0 Å². The van der Waals surface area contributed by atoms with Crippen LogP contribution in [0.15, 0.2) is 36.4 Å². The summed E-state index contributed by atoms with van der Waals surface area (Å²) in [5.74, 6) is 0.505. The number of carbonyl (C=O) groups is 1. The second kappa shape index (κ2) is 7.64. The molecule has 3 rings (SSSR count). The van der Waals surface area contributed by atoms with E-state index in [1.807, 2.05) is 6.92 Å². The number of ether oxygens (including phenoxy) is 1. The van der Waals surface area contributed by atoms with Crippen LogP contribution in [0, 0.1) is 0 Å². The molecule has 150 valence electrons. The fourth-order valence-corrected chi connectivity index (χ4v) is 5.12. The van der Waals surface area contributed by atoms with Crippen LogP contribution in [0.2, 0.25) is 5.02 Å². The van der Waals surface area contributed by atoms with E-state index in [1.165, 1.54) is 10.6 Å². The van der Waals surface area contributed by atoms with Crippen LogP contribution in [0.1, 0.15) is 28.4 Å². The number of fused-ring (bicyclic) bond motifs is 1. The maximum atomic E-state index is 12.9. The molecule has 0 unspecified atom stereocenters. The predicted molar refractivity (Wildman–Crippen MR) is 111 cm³/mol. The highest BCUT2D eigenvalue weighted by molar-refractivity contribution is 7.92. The van der Waals surface area contributed by atoms with Gasteiger partial charge < -0.3 is 9.64 Å². The second-order valence-electron chi connectivity index (χ2n) is 7.07. The normalized spacial score (nSPS) is 16.0. The summed E-state index contributed by atoms with van der Waals surface area (Å²) < 4.78 is 30.9. The summed E-state index contributed by atoms with van der Waals surface area (Å²) >= 11 is 6.07. The lowest BCUT2D eigenvalue weighted by atomic mass is 10.1. The van der Waals surface area contributed by atoms with Gasteiger partial charge in [0.05, 0.1) is 19.1 Å². The first kappa shape index (κ1) is 20.5. The van der Waals surface area contributed by atoms with Gasteiger partial charge in [-0.2, -0.15) is 0 Å². The maximum absolute atomic E-state index is 12.9. The largest absolute Gasteiger partial charge is 0.496 e. The summed E-state index contributed by atoms with van der Waals surface area (Å²) in [6, 6.07) is 10.3. The monoisotopic (exact) mass is 422 g/mol. The fourth-order valence-electron chi connectivity index (χ4n) is 3.66. The molecule has 2 aromatic rings. The molecular formula is C20H23ClN2O4S. The van der Waals surface area contributed by atoms with Gasteiger partial charge in [0.2, 0.25) is 10.0 Å². The minimum atomic E-state index is -3.36. The highest BCUT2D eigenvalue weighted by atomic mass is 35.5. The molecule has 0 bridgehead atoms. The molecule has 1 heterocycles. The van der Waals surface area contributed by atoms with Crippen LogP contribution in [-0.2, 0) is 23.0 Å². The Morgan fingerprint density at radius 1 is 1.29 bits per heavy atom. The first-order valence-corrected chi connectivity index (χ1v) is 11.0. The Hall–Kier alpha value is -2.25. The lowest BCUT2D eigenvalue weighted by Crippen LogP contribution is -2.34. The molecule has 0 N–H and O–H groups in total. The van der Waals surface area contributed by atoms with Crippen LogP contribution < -0.4 is 9.04 Å². The van der Waals surface area contributed by atoms with Gasteiger partial charge in [-0.25, -0.2) is 8.42 Å². The molecule has 1 aliphatic rings. The van der Waals surface area contributed by atoms with Gasteiger partial charge in [0.15, 0.2) is 0 Å². The third kappa shape index (κ3) is 3.95. The molecule has 1 aliphatic heterocycles. The fraction of sp³-hybridized carbons (Fsp3) is 0.350. The highest BCUT2D eigenvalue weighted by Gasteiger charge is 2.33. The molecule has 0 spiro atoms. The minimum absolute atomic E-state index is 0.157. The van der Waals surface area contributed by atoms with E-state index in [1.54, 1.807) is 55.5 Å². The van der Waals surface area contributed by atoms with Gasteiger partial charge in [0.25, 0.3) is 5.91 Å². The first-order valence-electron chi connectivity index (χ1n) is 8.82. The van der Waals surface area contributed by atoms with Crippen LogP contribution >= 0.6 is 11.6 Å². The number of benzene rings is 2. The van der Waals surface area contributed by atoms with Gasteiger partial charge in [-0.3, -0.25) is 9.10 Å². The van der Waals surface area contributed by atoms with Crippen molar-refractivity contribution >= 4 is 33.2 Å². The summed E-state index contributed by atoms with van der Waals surface area (Å²) in [7, 11) is -0.0726. The number of rotatable bonds is 5. The van der Waals surface area contributed by atoms with Gasteiger partial charge in [0.1, 0.15) is 5.75 Å². The quantitative estimate of drug-likeness (QED) is 0.741. The Morgan fingerprint density at radius 3 is 2.64 bits per heavy atom. The van der Waals surface area contributed by atoms with Crippen molar-refractivity contribution in [1.29, 1.82) is 0 Å². The van der Waals surface area contributed by atoms with E-state index in [0.717, 1.165) is 11.1 Å². The van der Waals surface area contributed by atoms with Crippen molar-refractivity contribution in [2.24, 2.45) is 0 Å². The summed E-state index contributed by atoms with van der Waals surface area (Å²) in [5.41, 5.74) is 2.83. The molecular weight excluding hydrogens is 400 g/mol. The Morgan fingerprint density at radius 2 is 2.00 bits per heavy atom. The van der Waals surface area contributed by atoms with Crippen LogP contribution in [0.25, 0.3) is 0 Å². The van der Waals surface area contributed by atoms with Crippen LogP contribution in [0.4, 0.5) is 5.69 Å². The summed E-state index contributed by atoms with van der Waals surface area (Å²) in [6.07, 6.45) is 1.78. The van der Waals surface area contributed by atoms with Gasteiger partial charge in [-0.15, -0.1) is 0 Å². The van der Waals surface area contributed by atoms with Crippen LogP contribution in [0.3, 0.4) is 0 Å². The lowest BCUT2D eigenvalue weighted by molar-refractivity contribution is 0.0784. The number of anilines is 1. The van der Waals surface area contributed by atoms with Crippen molar-refractivity contribution in [1.82, 2.24) is 4.90 Å². The zero-order valence-corrected chi connectivity index (χ0v) is 17.8. The third-order valence-corrected chi connectivity index (χ3v) is 6.34. The van der Waals surface area contributed by atoms with Gasteiger partial charge in [-0.05, 0) is 55.3 Å². The smallest absolute Gasteiger partial charge is 0.253 e. The van der Waals surface area contributed by atoms with E-state index < -0.39 is 10.0 Å². The molecule has 0 aliphatic carbocycles. The zero-order chi connectivity index (χ0) is 20.6. The number of halogens is 1. The number of sulfonamides is 1. The van der Waals surface area contributed by atoms with Crippen molar-refractivity contribution in [2.45, 2.75) is 25.9 Å². The Labute approximate surface area is 170 Å². The topological polar surface area (TPSA) is 66.9 Å². The Bertz CT molecular complexity index is 1020. The standard InChI is InChI=1S/C20H23ClN2O4S/c1-13-9-15-10-14(5-7-18(15)23(13)28(4,25)26)20(24)22(2)12-16-11-17(21)6-8-19(16)27-3/h5-8,10-11,13H,9,12H2,1-4H3/t13-/m1/s1. The van der Waals surface area contributed by atoms with Crippen molar-refractivity contribution in [2.75, 3.05) is 24.7 Å². The average Bonchev–Trinajstić information content (AvgIpc) is 2.96. The van der Waals surface area contributed by atoms with Crippen molar-refractivity contribution in [3.8, 4) is 5.75 Å². The molecule has 28 heavy (non-hydrogen) atoms. The molecule has 6 nitrogen and oxygen atoms in total. The van der Waals surface area contributed by atoms with Crippen LogP contribution in [0.5, 0.6) is 5.75 Å². The molecule has 0 saturated carbocycles. The van der Waals surface area contributed by atoms with Crippen molar-refractivity contribution in [3.63, 3.8) is 0 Å². The molecule has 1 atom stereocenters. The average molecular weight is 423 g/mol.